The van der Waals surface area contributed by atoms with Gasteiger partial charge in [0.2, 0.25) is 0 Å². The average molecular weight is 376 g/mol. The summed E-state index contributed by atoms with van der Waals surface area (Å²) in [6.07, 6.45) is 3.98. The van der Waals surface area contributed by atoms with Crippen LogP contribution in [0.5, 0.6) is 0 Å². The first kappa shape index (κ1) is 19.3. The molecule has 1 aliphatic rings. The van der Waals surface area contributed by atoms with Crippen molar-refractivity contribution in [2.24, 2.45) is 0 Å². The summed E-state index contributed by atoms with van der Waals surface area (Å²) in [7, 11) is 0. The molecule has 0 spiro atoms. The summed E-state index contributed by atoms with van der Waals surface area (Å²) in [6.45, 7) is 12.1. The van der Waals surface area contributed by atoms with Gasteiger partial charge in [-0.3, -0.25) is 0 Å². The lowest BCUT2D eigenvalue weighted by Gasteiger charge is -2.28. The van der Waals surface area contributed by atoms with Crippen molar-refractivity contribution >= 4 is 27.5 Å². The topological polar surface area (TPSA) is 48.4 Å². The Morgan fingerprint density at radius 3 is 2.58 bits per heavy atom. The first-order valence-electron chi connectivity index (χ1n) is 9.48. The molecule has 0 bridgehead atoms. The number of hydrogen-bond donors (Lipinski definition) is 0. The molecule has 1 atom stereocenters. The minimum atomic E-state index is -0.744. The first-order valence-corrected chi connectivity index (χ1v) is 10.3. The van der Waals surface area contributed by atoms with E-state index in [1.54, 1.807) is 0 Å². The molecule has 0 amide bonds. The highest BCUT2D eigenvalue weighted by Gasteiger charge is 2.33. The SMILES string of the molecule is CCOC(=O)C(OC(C)(C)C)c1c(C)nc2sc3c(c2c1C)CCCC3. The van der Waals surface area contributed by atoms with Crippen LogP contribution in [-0.2, 0) is 27.1 Å². The Morgan fingerprint density at radius 1 is 1.23 bits per heavy atom. The molecule has 0 N–H and O–H groups in total. The van der Waals surface area contributed by atoms with Crippen molar-refractivity contribution in [2.75, 3.05) is 6.61 Å². The van der Waals surface area contributed by atoms with Gasteiger partial charge in [0, 0.05) is 21.5 Å². The fraction of sp³-hybridized carbons (Fsp3) is 0.619. The predicted octanol–water partition coefficient (Wildman–Crippen LogP) is 5.21. The third-order valence-corrected chi connectivity index (χ3v) is 6.01. The van der Waals surface area contributed by atoms with Crippen LogP contribution in [0.3, 0.4) is 0 Å². The van der Waals surface area contributed by atoms with Gasteiger partial charge in [0.25, 0.3) is 0 Å². The van der Waals surface area contributed by atoms with Crippen molar-refractivity contribution in [3.8, 4) is 0 Å². The molecule has 142 valence electrons. The number of carbonyl (C=O) groups is 1. The predicted molar refractivity (Wildman–Crippen MR) is 106 cm³/mol. The Labute approximate surface area is 159 Å². The monoisotopic (exact) mass is 375 g/mol. The Bertz CT molecular complexity index is 832. The Balaban J connectivity index is 2.18. The van der Waals surface area contributed by atoms with Crippen molar-refractivity contribution in [1.82, 2.24) is 4.98 Å². The second-order valence-electron chi connectivity index (χ2n) is 7.99. The standard InChI is InChI=1S/C21H29NO3S/c1-7-24-20(23)18(25-21(4,5)6)16-12(2)17-14-10-8-9-11-15(14)26-19(17)22-13(16)3/h18H,7-11H2,1-6H3. The number of thiophene rings is 1. The molecular formula is C21H29NO3S. The van der Waals surface area contributed by atoms with Crippen molar-refractivity contribution in [1.29, 1.82) is 0 Å². The number of fused-ring (bicyclic) bond motifs is 3. The zero-order valence-electron chi connectivity index (χ0n) is 16.7. The Hall–Kier alpha value is -1.46. The fourth-order valence-corrected chi connectivity index (χ4v) is 5.19. The molecule has 2 heterocycles. The zero-order chi connectivity index (χ0) is 19.1. The molecular weight excluding hydrogens is 346 g/mol. The Kier molecular flexibility index (Phi) is 5.40. The number of aromatic nitrogens is 1. The second kappa shape index (κ2) is 7.28. The fourth-order valence-electron chi connectivity index (χ4n) is 3.82. The highest BCUT2D eigenvalue weighted by atomic mass is 32.1. The van der Waals surface area contributed by atoms with Crippen LogP contribution in [0.25, 0.3) is 10.2 Å². The van der Waals surface area contributed by atoms with Gasteiger partial charge >= 0.3 is 5.97 Å². The largest absolute Gasteiger partial charge is 0.464 e. The van der Waals surface area contributed by atoms with Crippen LogP contribution in [0.1, 0.15) is 73.9 Å². The van der Waals surface area contributed by atoms with Crippen molar-refractivity contribution in [2.45, 2.75) is 78.9 Å². The number of hydrogen-bond acceptors (Lipinski definition) is 5. The maximum atomic E-state index is 12.7. The van der Waals surface area contributed by atoms with Gasteiger partial charge < -0.3 is 9.47 Å². The number of aryl methyl sites for hydroxylation is 4. The molecule has 0 aliphatic heterocycles. The third-order valence-electron chi connectivity index (χ3n) is 4.83. The van der Waals surface area contributed by atoms with Gasteiger partial charge in [-0.2, -0.15) is 0 Å². The van der Waals surface area contributed by atoms with E-state index in [2.05, 4.69) is 6.92 Å². The maximum Gasteiger partial charge on any atom is 0.340 e. The summed E-state index contributed by atoms with van der Waals surface area (Å²) in [5.41, 5.74) is 3.82. The lowest BCUT2D eigenvalue weighted by atomic mass is 9.92. The second-order valence-corrected chi connectivity index (χ2v) is 9.07. The molecule has 0 saturated heterocycles. The van der Waals surface area contributed by atoms with Crippen LogP contribution in [0, 0.1) is 13.8 Å². The van der Waals surface area contributed by atoms with Gasteiger partial charge in [0.15, 0.2) is 6.10 Å². The van der Waals surface area contributed by atoms with E-state index in [9.17, 15) is 4.79 Å². The van der Waals surface area contributed by atoms with Crippen LogP contribution in [-0.4, -0.2) is 23.2 Å². The van der Waals surface area contributed by atoms with Crippen molar-refractivity contribution in [3.63, 3.8) is 0 Å². The smallest absolute Gasteiger partial charge is 0.340 e. The molecule has 3 rings (SSSR count). The van der Waals surface area contributed by atoms with Gasteiger partial charge in [-0.05, 0) is 78.4 Å². The normalized spacial score (nSPS) is 15.8. The van der Waals surface area contributed by atoms with Crippen LogP contribution >= 0.6 is 11.3 Å². The van der Waals surface area contributed by atoms with E-state index in [1.807, 2.05) is 46.0 Å². The molecule has 5 heteroatoms. The number of rotatable bonds is 4. The molecule has 0 aromatic carbocycles. The summed E-state index contributed by atoms with van der Waals surface area (Å²) in [5.74, 6) is -0.334. The molecule has 1 aliphatic carbocycles. The molecule has 0 fully saturated rings. The minimum absolute atomic E-state index is 0.334. The molecule has 0 radical (unpaired) electrons. The lowest BCUT2D eigenvalue weighted by Crippen LogP contribution is -2.30. The number of nitrogens with zero attached hydrogens (tertiary/aromatic N) is 1. The first-order chi connectivity index (χ1) is 12.2. The molecule has 4 nitrogen and oxygen atoms in total. The summed E-state index contributed by atoms with van der Waals surface area (Å²) >= 11 is 1.81. The van der Waals surface area contributed by atoms with Crippen LogP contribution in [0.15, 0.2) is 0 Å². The third kappa shape index (κ3) is 3.65. The minimum Gasteiger partial charge on any atom is -0.464 e. The van der Waals surface area contributed by atoms with Gasteiger partial charge in [0.1, 0.15) is 4.83 Å². The zero-order valence-corrected chi connectivity index (χ0v) is 17.5. The van der Waals surface area contributed by atoms with E-state index >= 15 is 0 Å². The van der Waals surface area contributed by atoms with E-state index in [0.717, 1.165) is 34.5 Å². The van der Waals surface area contributed by atoms with E-state index in [4.69, 9.17) is 14.5 Å². The van der Waals surface area contributed by atoms with Crippen molar-refractivity contribution < 1.29 is 14.3 Å². The molecule has 2 aromatic rings. The lowest BCUT2D eigenvalue weighted by molar-refractivity contribution is -0.167. The number of pyridine rings is 1. The summed E-state index contributed by atoms with van der Waals surface area (Å²) in [4.78, 5) is 20.1. The van der Waals surface area contributed by atoms with E-state index in [0.29, 0.717) is 6.61 Å². The molecule has 0 saturated carbocycles. The Morgan fingerprint density at radius 2 is 1.92 bits per heavy atom. The summed E-state index contributed by atoms with van der Waals surface area (Å²) < 4.78 is 11.5. The molecule has 26 heavy (non-hydrogen) atoms. The van der Waals surface area contributed by atoms with E-state index in [-0.39, 0.29) is 5.97 Å². The van der Waals surface area contributed by atoms with Crippen LogP contribution in [0.2, 0.25) is 0 Å². The van der Waals surface area contributed by atoms with Gasteiger partial charge in [0.05, 0.1) is 12.2 Å². The maximum absolute atomic E-state index is 12.7. The summed E-state index contributed by atoms with van der Waals surface area (Å²) in [5, 5.41) is 1.23. The van der Waals surface area contributed by atoms with Crippen molar-refractivity contribution in [3.05, 3.63) is 27.3 Å². The number of carbonyl (C=O) groups excluding carboxylic acids is 1. The number of esters is 1. The highest BCUT2D eigenvalue weighted by molar-refractivity contribution is 7.18. The highest BCUT2D eigenvalue weighted by Crippen LogP contribution is 2.41. The quantitative estimate of drug-likeness (QED) is 0.688. The van der Waals surface area contributed by atoms with Gasteiger partial charge in [-0.1, -0.05) is 0 Å². The van der Waals surface area contributed by atoms with E-state index < -0.39 is 11.7 Å². The van der Waals surface area contributed by atoms with Gasteiger partial charge in [-0.15, -0.1) is 11.3 Å². The van der Waals surface area contributed by atoms with Crippen LogP contribution in [0.4, 0.5) is 0 Å². The summed E-state index contributed by atoms with van der Waals surface area (Å²) in [6, 6.07) is 0. The molecule has 2 aromatic heterocycles. The van der Waals surface area contributed by atoms with Gasteiger partial charge in [-0.25, -0.2) is 9.78 Å². The van der Waals surface area contributed by atoms with Crippen LogP contribution < -0.4 is 0 Å². The average Bonchev–Trinajstić information content (AvgIpc) is 2.91. The molecule has 1 unspecified atom stereocenters. The number of ether oxygens (including phenoxy) is 2. The van der Waals surface area contributed by atoms with E-state index in [1.165, 1.54) is 28.7 Å².